The SMILES string of the molecule is C1CCOC1.C1CCOC1.C1CCOC1.C1CCOC1.C1CCOC1.[Eu+3].[Li+].[Li+].[Li+].[O-]c1ccc2ccccc2c1-c1c([O-])ccc2ccccc12.[O-]c1ccc2ccccc2c1-c1c([O-])ccc2ccccc12.[O-]c1ccc2ccccc2c1-c1c([O-])ccc2ccccc12. The van der Waals surface area contributed by atoms with Crippen molar-refractivity contribution in [2.75, 3.05) is 66.1 Å². The van der Waals surface area contributed by atoms with E-state index < -0.39 is 0 Å². The van der Waals surface area contributed by atoms with Gasteiger partial charge in [0.2, 0.25) is 0 Å². The topological polar surface area (TPSA) is 185 Å². The minimum atomic E-state index is -0.118. The van der Waals surface area contributed by atoms with Crippen molar-refractivity contribution in [1.29, 1.82) is 0 Å². The number of rotatable bonds is 3. The molecule has 0 bridgehead atoms. The summed E-state index contributed by atoms with van der Waals surface area (Å²) in [7, 11) is 0. The number of benzene rings is 12. The quantitative estimate of drug-likeness (QED) is 0.178. The van der Waals surface area contributed by atoms with Gasteiger partial charge in [-0.15, -0.1) is 34.5 Å². The molecule has 5 fully saturated rings. The van der Waals surface area contributed by atoms with Crippen LogP contribution >= 0.6 is 0 Å². The minimum absolute atomic E-state index is 0. The van der Waals surface area contributed by atoms with E-state index in [1.54, 1.807) is 72.8 Å². The van der Waals surface area contributed by atoms with Gasteiger partial charge in [0.15, 0.2) is 0 Å². The first-order valence-electron chi connectivity index (χ1n) is 31.8. The van der Waals surface area contributed by atoms with E-state index in [4.69, 9.17) is 23.7 Å². The summed E-state index contributed by atoms with van der Waals surface area (Å²) < 4.78 is 24.7. The van der Waals surface area contributed by atoms with Crippen LogP contribution in [0.4, 0.5) is 0 Å². The average molecular weight is 1390 g/mol. The molecule has 12 aromatic rings. The van der Waals surface area contributed by atoms with Crippen molar-refractivity contribution in [3.8, 4) is 67.9 Å². The van der Waals surface area contributed by atoms with E-state index in [-0.39, 0.29) is 140 Å². The van der Waals surface area contributed by atoms with Crippen molar-refractivity contribution in [2.24, 2.45) is 0 Å². The fourth-order valence-corrected chi connectivity index (χ4v) is 11.6. The third kappa shape index (κ3) is 21.3. The average Bonchev–Trinajstić information content (AvgIpc) is 1.63. The van der Waals surface area contributed by atoms with E-state index in [9.17, 15) is 30.6 Å². The maximum absolute atomic E-state index is 12.5. The van der Waals surface area contributed by atoms with Crippen LogP contribution < -0.4 is 87.2 Å². The Morgan fingerprint density at radius 3 is 0.421 bits per heavy atom. The molecule has 5 aliphatic heterocycles. The molecule has 0 saturated carbocycles. The van der Waals surface area contributed by atoms with Gasteiger partial charge in [-0.1, -0.05) is 218 Å². The van der Waals surface area contributed by atoms with Gasteiger partial charge in [0, 0.05) is 66.1 Å². The van der Waals surface area contributed by atoms with E-state index in [1.807, 2.05) is 146 Å². The number of ether oxygens (including phenoxy) is 5. The fraction of sp³-hybridized carbons (Fsp3) is 0.250. The van der Waals surface area contributed by atoms with Gasteiger partial charge < -0.3 is 54.3 Å². The first-order chi connectivity index (χ1) is 44.8. The molecule has 12 aromatic carbocycles. The summed E-state index contributed by atoms with van der Waals surface area (Å²) in [5, 5.41) is 85.7. The predicted molar refractivity (Wildman–Crippen MR) is 358 cm³/mol. The minimum Gasteiger partial charge on any atom is -0.872 e. The Hall–Kier alpha value is -5.82. The summed E-state index contributed by atoms with van der Waals surface area (Å²) >= 11 is 0. The van der Waals surface area contributed by atoms with Gasteiger partial charge in [-0.25, -0.2) is 0 Å². The van der Waals surface area contributed by atoms with Crippen molar-refractivity contribution < 1.29 is 160 Å². The molecule has 0 unspecified atom stereocenters. The number of hydrogen-bond donors (Lipinski definition) is 0. The normalized spacial score (nSPS) is 14.0. The van der Waals surface area contributed by atoms with Crippen molar-refractivity contribution in [3.05, 3.63) is 218 Å². The second-order valence-corrected chi connectivity index (χ2v) is 22.6. The second-order valence-electron chi connectivity index (χ2n) is 22.6. The molecular formula is C80H76EuLi3O11. The number of fused-ring (bicyclic) bond motifs is 6. The molecule has 95 heavy (non-hydrogen) atoms. The molecule has 17 rings (SSSR count). The van der Waals surface area contributed by atoms with Crippen LogP contribution in [0, 0.1) is 49.4 Å². The van der Waals surface area contributed by atoms with E-state index in [0.29, 0.717) is 33.4 Å². The van der Waals surface area contributed by atoms with Crippen LogP contribution in [0.15, 0.2) is 218 Å². The summed E-state index contributed by atoms with van der Waals surface area (Å²) in [6.45, 7) is 10.0. The number of hydrogen-bond acceptors (Lipinski definition) is 11. The Labute approximate surface area is 634 Å². The molecule has 0 aliphatic carbocycles. The van der Waals surface area contributed by atoms with Crippen LogP contribution in [0.2, 0.25) is 0 Å². The smallest absolute Gasteiger partial charge is 0.872 e. The van der Waals surface area contributed by atoms with Gasteiger partial charge in [0.25, 0.3) is 0 Å². The van der Waals surface area contributed by atoms with Gasteiger partial charge in [-0.3, -0.25) is 0 Å². The molecule has 0 radical (unpaired) electrons. The Balaban J connectivity index is 0.000000186. The summed E-state index contributed by atoms with van der Waals surface area (Å²) in [5.74, 6) is -0.710. The van der Waals surface area contributed by atoms with Crippen molar-refractivity contribution in [1.82, 2.24) is 0 Å². The van der Waals surface area contributed by atoms with E-state index in [2.05, 4.69) is 0 Å². The zero-order valence-corrected chi connectivity index (χ0v) is 57.2. The first kappa shape index (κ1) is 78.2. The largest absolute Gasteiger partial charge is 3.00 e. The van der Waals surface area contributed by atoms with Crippen LogP contribution in [0.5, 0.6) is 34.5 Å². The van der Waals surface area contributed by atoms with Crippen LogP contribution in [0.1, 0.15) is 64.2 Å². The standard InChI is InChI=1S/3C20H14O2.5C4H8O.Eu.3Li/c3*21-17-11-9-13-5-1-3-7-15(13)19(17)20-16-8-4-2-6-14(16)10-12-18(20)22;5*1-2-4-5-3-1;;;;/h3*1-12,21-22H;5*1-4H2;;;;/q;;;;;;;;+3;3*+1/p-6. The van der Waals surface area contributed by atoms with Gasteiger partial charge >= 0.3 is 106 Å². The molecule has 5 aliphatic rings. The van der Waals surface area contributed by atoms with Gasteiger partial charge in [0.05, 0.1) is 0 Å². The molecule has 5 saturated heterocycles. The summed E-state index contributed by atoms with van der Waals surface area (Å²) in [6.07, 6.45) is 12.8. The zero-order chi connectivity index (χ0) is 63.0. The summed E-state index contributed by atoms with van der Waals surface area (Å²) in [6, 6.07) is 66.1. The molecular weight excluding hydrogens is 1310 g/mol. The molecule has 0 amide bonds. The predicted octanol–water partition coefficient (Wildman–Crippen LogP) is 6.42. The van der Waals surface area contributed by atoms with Crippen molar-refractivity contribution >= 4 is 64.6 Å². The molecule has 0 spiro atoms. The van der Waals surface area contributed by atoms with Crippen LogP contribution in [0.25, 0.3) is 98.0 Å². The molecule has 472 valence electrons. The Bertz CT molecular complexity index is 3560. The van der Waals surface area contributed by atoms with Gasteiger partial charge in [-0.2, -0.15) is 0 Å². The van der Waals surface area contributed by atoms with Gasteiger partial charge in [0.1, 0.15) is 0 Å². The molecule has 5 heterocycles. The van der Waals surface area contributed by atoms with Crippen molar-refractivity contribution in [3.63, 3.8) is 0 Å². The molecule has 0 atom stereocenters. The Morgan fingerprint density at radius 2 is 0.305 bits per heavy atom. The first-order valence-corrected chi connectivity index (χ1v) is 31.8. The maximum atomic E-state index is 12.5. The third-order valence-corrected chi connectivity index (χ3v) is 16.2. The second kappa shape index (κ2) is 41.4. The fourth-order valence-electron chi connectivity index (χ4n) is 11.6. The third-order valence-electron chi connectivity index (χ3n) is 16.2. The van der Waals surface area contributed by atoms with Crippen LogP contribution in [-0.2, 0) is 23.7 Å². The van der Waals surface area contributed by atoms with Crippen LogP contribution in [0.3, 0.4) is 0 Å². The van der Waals surface area contributed by atoms with Crippen LogP contribution in [-0.4, -0.2) is 66.1 Å². The Kier molecular flexibility index (Phi) is 34.1. The molecule has 0 N–H and O–H groups in total. The monoisotopic (exact) mass is 1390 g/mol. The van der Waals surface area contributed by atoms with E-state index in [1.165, 1.54) is 64.2 Å². The summed E-state index contributed by atoms with van der Waals surface area (Å²) in [5.41, 5.74) is 3.00. The molecule has 0 aromatic heterocycles. The summed E-state index contributed by atoms with van der Waals surface area (Å²) in [4.78, 5) is 0. The zero-order valence-electron chi connectivity index (χ0n) is 54.8. The van der Waals surface area contributed by atoms with Gasteiger partial charge in [-0.05, 0) is 162 Å². The molecule has 15 heteroatoms. The van der Waals surface area contributed by atoms with E-state index in [0.717, 1.165) is 131 Å². The van der Waals surface area contributed by atoms with Crippen molar-refractivity contribution in [2.45, 2.75) is 64.2 Å². The maximum Gasteiger partial charge on any atom is 3.00 e. The Morgan fingerprint density at radius 1 is 0.179 bits per heavy atom. The van der Waals surface area contributed by atoms with E-state index >= 15 is 0 Å². The molecule has 11 nitrogen and oxygen atoms in total.